The van der Waals surface area contributed by atoms with Crippen LogP contribution in [0.3, 0.4) is 0 Å². The maximum atomic E-state index is 9.28. The van der Waals surface area contributed by atoms with Gasteiger partial charge in [0.05, 0.1) is 6.61 Å². The Balaban J connectivity index is 2.55. The van der Waals surface area contributed by atoms with Crippen LogP contribution < -0.4 is 5.32 Å². The molecule has 1 rings (SSSR count). The normalized spacial score (nSPS) is 18.6. The van der Waals surface area contributed by atoms with Gasteiger partial charge in [-0.25, -0.2) is 0 Å². The number of aliphatic hydroxyl groups is 1. The van der Waals surface area contributed by atoms with Crippen LogP contribution >= 0.6 is 0 Å². The van der Waals surface area contributed by atoms with Gasteiger partial charge in [0.15, 0.2) is 0 Å². The van der Waals surface area contributed by atoms with E-state index >= 15 is 0 Å². The molecule has 0 aromatic rings. The molecule has 0 atom stereocenters. The summed E-state index contributed by atoms with van der Waals surface area (Å²) in [4.78, 5) is 2.45. The van der Waals surface area contributed by atoms with Crippen molar-refractivity contribution in [1.29, 1.82) is 0 Å². The van der Waals surface area contributed by atoms with Gasteiger partial charge in [-0.15, -0.1) is 0 Å². The van der Waals surface area contributed by atoms with E-state index in [9.17, 15) is 5.11 Å². The molecule has 4 nitrogen and oxygen atoms in total. The molecule has 0 saturated carbocycles. The van der Waals surface area contributed by atoms with Crippen LogP contribution in [0.4, 0.5) is 0 Å². The second-order valence-electron chi connectivity index (χ2n) is 6.14. The van der Waals surface area contributed by atoms with Crippen LogP contribution in [-0.4, -0.2) is 62.6 Å². The zero-order valence-electron chi connectivity index (χ0n) is 13.5. The van der Waals surface area contributed by atoms with Crippen molar-refractivity contribution in [2.45, 2.75) is 46.0 Å². The number of hydrogen-bond acceptors (Lipinski definition) is 4. The smallest absolute Gasteiger partial charge is 0.0558 e. The molecule has 1 saturated heterocycles. The molecule has 1 fully saturated rings. The zero-order valence-corrected chi connectivity index (χ0v) is 13.5. The molecule has 0 unspecified atom stereocenters. The van der Waals surface area contributed by atoms with Gasteiger partial charge in [0.2, 0.25) is 0 Å². The molecule has 1 aliphatic heterocycles. The predicted octanol–water partition coefficient (Wildman–Crippen LogP) is 1.88. The van der Waals surface area contributed by atoms with E-state index in [1.54, 1.807) is 0 Å². The Kier molecular flexibility index (Phi) is 9.44. The summed E-state index contributed by atoms with van der Waals surface area (Å²) in [7, 11) is 0. The lowest BCUT2D eigenvalue weighted by atomic mass is 9.79. The Morgan fingerprint density at radius 1 is 1.15 bits per heavy atom. The lowest BCUT2D eigenvalue weighted by molar-refractivity contribution is -0.00661. The summed E-state index contributed by atoms with van der Waals surface area (Å²) >= 11 is 0. The maximum absolute atomic E-state index is 9.28. The van der Waals surface area contributed by atoms with Gasteiger partial charge >= 0.3 is 0 Å². The van der Waals surface area contributed by atoms with Gasteiger partial charge in [-0.05, 0) is 44.2 Å². The Labute approximate surface area is 124 Å². The van der Waals surface area contributed by atoms with E-state index in [4.69, 9.17) is 4.74 Å². The van der Waals surface area contributed by atoms with Gasteiger partial charge in [-0.1, -0.05) is 20.3 Å². The highest BCUT2D eigenvalue weighted by Gasteiger charge is 2.33. The zero-order chi connectivity index (χ0) is 14.7. The van der Waals surface area contributed by atoms with Crippen LogP contribution in [0.2, 0.25) is 0 Å². The lowest BCUT2D eigenvalue weighted by Gasteiger charge is -2.41. The van der Waals surface area contributed by atoms with E-state index in [2.05, 4.69) is 24.1 Å². The fraction of sp³-hybridized carbons (Fsp3) is 1.00. The average Bonchev–Trinajstić information content (AvgIpc) is 2.46. The van der Waals surface area contributed by atoms with E-state index in [0.29, 0.717) is 5.41 Å². The number of aliphatic hydroxyl groups excluding tert-OH is 1. The summed E-state index contributed by atoms with van der Waals surface area (Å²) in [5.41, 5.74) is 0.330. The highest BCUT2D eigenvalue weighted by atomic mass is 16.5. The largest absolute Gasteiger partial charge is 0.395 e. The first-order chi connectivity index (χ1) is 9.76. The second kappa shape index (κ2) is 10.6. The standard InChI is InChI=1S/C16H34N2O2/c1-3-5-9-18(10-11-19)15-16(14-17-8-4-2)6-12-20-13-7-16/h17,19H,3-15H2,1-2H3. The Morgan fingerprint density at radius 2 is 1.90 bits per heavy atom. The third-order valence-corrected chi connectivity index (χ3v) is 4.28. The molecule has 0 bridgehead atoms. The quantitative estimate of drug-likeness (QED) is 0.569. The summed E-state index contributed by atoms with van der Waals surface area (Å²) < 4.78 is 5.56. The summed E-state index contributed by atoms with van der Waals surface area (Å²) in [6.07, 6.45) is 5.89. The van der Waals surface area contributed by atoms with E-state index in [0.717, 1.165) is 58.8 Å². The van der Waals surface area contributed by atoms with Gasteiger partial charge in [0, 0.05) is 32.8 Å². The minimum atomic E-state index is 0.263. The predicted molar refractivity (Wildman–Crippen MR) is 84.1 cm³/mol. The lowest BCUT2D eigenvalue weighted by Crippen LogP contribution is -2.48. The molecule has 0 aromatic carbocycles. The van der Waals surface area contributed by atoms with Crippen LogP contribution in [-0.2, 0) is 4.74 Å². The van der Waals surface area contributed by atoms with Crippen LogP contribution in [0.1, 0.15) is 46.0 Å². The topological polar surface area (TPSA) is 44.7 Å². The second-order valence-corrected chi connectivity index (χ2v) is 6.14. The molecule has 120 valence electrons. The summed E-state index contributed by atoms with van der Waals surface area (Å²) in [6.45, 7) is 11.6. The fourth-order valence-electron chi connectivity index (χ4n) is 2.99. The van der Waals surface area contributed by atoms with Crippen LogP contribution in [0.15, 0.2) is 0 Å². The van der Waals surface area contributed by atoms with Gasteiger partial charge in [0.25, 0.3) is 0 Å². The third-order valence-electron chi connectivity index (χ3n) is 4.28. The van der Waals surface area contributed by atoms with Crippen molar-refractivity contribution in [3.05, 3.63) is 0 Å². The number of ether oxygens (including phenoxy) is 1. The van der Waals surface area contributed by atoms with Gasteiger partial charge in [-0.2, -0.15) is 0 Å². The highest BCUT2D eigenvalue weighted by Crippen LogP contribution is 2.31. The first kappa shape index (κ1) is 17.9. The van der Waals surface area contributed by atoms with Crippen molar-refractivity contribution in [1.82, 2.24) is 10.2 Å². The summed E-state index contributed by atoms with van der Waals surface area (Å²) in [5.74, 6) is 0. The number of nitrogens with one attached hydrogen (secondary N) is 1. The van der Waals surface area contributed by atoms with Gasteiger partial charge in [-0.3, -0.25) is 0 Å². The number of rotatable bonds is 11. The van der Waals surface area contributed by atoms with E-state index in [-0.39, 0.29) is 6.61 Å². The molecule has 0 spiro atoms. The van der Waals surface area contributed by atoms with Crippen molar-refractivity contribution in [3.8, 4) is 0 Å². The molecule has 0 aliphatic carbocycles. The van der Waals surface area contributed by atoms with Crippen molar-refractivity contribution in [3.63, 3.8) is 0 Å². The maximum Gasteiger partial charge on any atom is 0.0558 e. The highest BCUT2D eigenvalue weighted by molar-refractivity contribution is 4.87. The molecule has 20 heavy (non-hydrogen) atoms. The van der Waals surface area contributed by atoms with E-state index in [1.165, 1.54) is 19.3 Å². The first-order valence-electron chi connectivity index (χ1n) is 8.38. The average molecular weight is 286 g/mol. The minimum Gasteiger partial charge on any atom is -0.395 e. The molecule has 1 aliphatic rings. The number of hydrogen-bond donors (Lipinski definition) is 2. The summed E-state index contributed by atoms with van der Waals surface area (Å²) in [6, 6.07) is 0. The van der Waals surface area contributed by atoms with Crippen molar-refractivity contribution in [2.24, 2.45) is 5.41 Å². The van der Waals surface area contributed by atoms with E-state index < -0.39 is 0 Å². The van der Waals surface area contributed by atoms with Gasteiger partial charge in [0.1, 0.15) is 0 Å². The third kappa shape index (κ3) is 6.53. The molecular formula is C16H34N2O2. The van der Waals surface area contributed by atoms with Gasteiger partial charge < -0.3 is 20.1 Å². The molecular weight excluding hydrogens is 252 g/mol. The molecule has 2 N–H and O–H groups in total. The number of unbranched alkanes of at least 4 members (excludes halogenated alkanes) is 1. The monoisotopic (exact) mass is 286 g/mol. The Bertz CT molecular complexity index is 231. The van der Waals surface area contributed by atoms with Crippen molar-refractivity contribution >= 4 is 0 Å². The van der Waals surface area contributed by atoms with Crippen LogP contribution in [0, 0.1) is 5.41 Å². The molecule has 0 amide bonds. The molecule has 0 radical (unpaired) electrons. The van der Waals surface area contributed by atoms with Crippen molar-refractivity contribution in [2.75, 3.05) is 52.5 Å². The fourth-order valence-corrected chi connectivity index (χ4v) is 2.99. The number of nitrogens with zero attached hydrogens (tertiary/aromatic N) is 1. The minimum absolute atomic E-state index is 0.263. The molecule has 1 heterocycles. The first-order valence-corrected chi connectivity index (χ1v) is 8.38. The molecule has 0 aromatic heterocycles. The molecule has 4 heteroatoms. The summed E-state index contributed by atoms with van der Waals surface area (Å²) in [5, 5.41) is 12.9. The Morgan fingerprint density at radius 3 is 2.50 bits per heavy atom. The van der Waals surface area contributed by atoms with Crippen molar-refractivity contribution < 1.29 is 9.84 Å². The van der Waals surface area contributed by atoms with Crippen LogP contribution in [0.5, 0.6) is 0 Å². The van der Waals surface area contributed by atoms with Crippen LogP contribution in [0.25, 0.3) is 0 Å². The van der Waals surface area contributed by atoms with E-state index in [1.807, 2.05) is 0 Å². The SMILES string of the molecule is CCCCN(CCO)CC1(CNCCC)CCOCC1. The Hall–Kier alpha value is -0.160.